The summed E-state index contributed by atoms with van der Waals surface area (Å²) < 4.78 is 5.23. The van der Waals surface area contributed by atoms with Crippen LogP contribution in [-0.2, 0) is 4.79 Å². The first-order valence-corrected chi connectivity index (χ1v) is 12.4. The molecule has 6 heteroatoms. The SMILES string of the molecule is COc1ccc(C(=O)N(CC(=O)NCC2CCN(C(C)C)CC2)c2ccccc2C(C)C)cc1. The molecule has 3 rings (SSSR count). The number of ether oxygens (including phenoxy) is 1. The number of piperidine rings is 1. The van der Waals surface area contributed by atoms with Crippen molar-refractivity contribution < 1.29 is 14.3 Å². The lowest BCUT2D eigenvalue weighted by Crippen LogP contribution is -2.45. The summed E-state index contributed by atoms with van der Waals surface area (Å²) in [7, 11) is 1.60. The van der Waals surface area contributed by atoms with Crippen molar-refractivity contribution in [3.05, 3.63) is 59.7 Å². The third-order valence-electron chi connectivity index (χ3n) is 6.70. The molecule has 34 heavy (non-hydrogen) atoms. The van der Waals surface area contributed by atoms with Gasteiger partial charge in [0.2, 0.25) is 5.91 Å². The Hall–Kier alpha value is -2.86. The van der Waals surface area contributed by atoms with Crippen LogP contribution in [0, 0.1) is 5.92 Å². The Labute approximate surface area is 204 Å². The number of likely N-dealkylation sites (tertiary alicyclic amines) is 1. The molecule has 2 aromatic rings. The van der Waals surface area contributed by atoms with Crippen LogP contribution in [0.15, 0.2) is 48.5 Å². The molecule has 1 aliphatic heterocycles. The van der Waals surface area contributed by atoms with Crippen molar-refractivity contribution in [2.75, 3.05) is 38.2 Å². The highest BCUT2D eigenvalue weighted by molar-refractivity contribution is 6.09. The Balaban J connectivity index is 1.73. The highest BCUT2D eigenvalue weighted by atomic mass is 16.5. The van der Waals surface area contributed by atoms with Crippen LogP contribution < -0.4 is 15.0 Å². The van der Waals surface area contributed by atoms with E-state index in [1.165, 1.54) is 0 Å². The van der Waals surface area contributed by atoms with Crippen LogP contribution in [-0.4, -0.2) is 56.0 Å². The van der Waals surface area contributed by atoms with Gasteiger partial charge in [0.1, 0.15) is 12.3 Å². The Morgan fingerprint density at radius 3 is 2.26 bits per heavy atom. The Bertz CT molecular complexity index is 948. The van der Waals surface area contributed by atoms with Gasteiger partial charge in [-0.3, -0.25) is 14.5 Å². The lowest BCUT2D eigenvalue weighted by Gasteiger charge is -2.34. The topological polar surface area (TPSA) is 61.9 Å². The minimum Gasteiger partial charge on any atom is -0.497 e. The number of rotatable bonds is 9. The van der Waals surface area contributed by atoms with Crippen molar-refractivity contribution in [3.8, 4) is 5.75 Å². The molecule has 0 bridgehead atoms. The molecule has 0 saturated carbocycles. The maximum atomic E-state index is 13.6. The highest BCUT2D eigenvalue weighted by Gasteiger charge is 2.25. The average Bonchev–Trinajstić information content (AvgIpc) is 2.86. The van der Waals surface area contributed by atoms with Crippen LogP contribution in [0.2, 0.25) is 0 Å². The number of nitrogens with one attached hydrogen (secondary N) is 1. The summed E-state index contributed by atoms with van der Waals surface area (Å²) in [4.78, 5) is 30.7. The minimum atomic E-state index is -0.198. The second kappa shape index (κ2) is 12.0. The largest absolute Gasteiger partial charge is 0.497 e. The molecule has 2 aromatic carbocycles. The summed E-state index contributed by atoms with van der Waals surface area (Å²) in [5, 5.41) is 3.10. The number of carbonyl (C=O) groups excluding carboxylic acids is 2. The number of benzene rings is 2. The van der Waals surface area contributed by atoms with Crippen LogP contribution in [0.3, 0.4) is 0 Å². The third kappa shape index (κ3) is 6.60. The van der Waals surface area contributed by atoms with Crippen molar-refractivity contribution in [2.45, 2.75) is 52.5 Å². The Kier molecular flexibility index (Phi) is 9.11. The first-order chi connectivity index (χ1) is 16.3. The summed E-state index contributed by atoms with van der Waals surface area (Å²) in [6.07, 6.45) is 2.17. The fourth-order valence-corrected chi connectivity index (χ4v) is 4.51. The number of carbonyl (C=O) groups is 2. The van der Waals surface area contributed by atoms with E-state index in [2.05, 4.69) is 37.9 Å². The zero-order valence-corrected chi connectivity index (χ0v) is 21.2. The van der Waals surface area contributed by atoms with Gasteiger partial charge in [-0.15, -0.1) is 0 Å². The van der Waals surface area contributed by atoms with Gasteiger partial charge in [0, 0.05) is 23.8 Å². The first-order valence-electron chi connectivity index (χ1n) is 12.4. The van der Waals surface area contributed by atoms with E-state index in [0.29, 0.717) is 29.8 Å². The van der Waals surface area contributed by atoms with Gasteiger partial charge < -0.3 is 15.0 Å². The van der Waals surface area contributed by atoms with Crippen molar-refractivity contribution in [2.24, 2.45) is 5.92 Å². The number of amides is 2. The van der Waals surface area contributed by atoms with Gasteiger partial charge >= 0.3 is 0 Å². The summed E-state index contributed by atoms with van der Waals surface area (Å²) in [5.41, 5.74) is 2.34. The van der Waals surface area contributed by atoms with Crippen LogP contribution in [0.1, 0.15) is 62.4 Å². The summed E-state index contributed by atoms with van der Waals surface area (Å²) in [6.45, 7) is 11.4. The zero-order valence-electron chi connectivity index (χ0n) is 21.2. The van der Waals surface area contributed by atoms with Gasteiger partial charge in [-0.2, -0.15) is 0 Å². The molecule has 1 heterocycles. The van der Waals surface area contributed by atoms with E-state index in [1.807, 2.05) is 24.3 Å². The second-order valence-corrected chi connectivity index (χ2v) is 9.71. The number of methoxy groups -OCH3 is 1. The Morgan fingerprint density at radius 1 is 1.03 bits per heavy atom. The maximum absolute atomic E-state index is 13.6. The monoisotopic (exact) mass is 465 g/mol. The average molecular weight is 466 g/mol. The van der Waals surface area contributed by atoms with Gasteiger partial charge in [-0.25, -0.2) is 0 Å². The fourth-order valence-electron chi connectivity index (χ4n) is 4.51. The first kappa shape index (κ1) is 25.8. The van der Waals surface area contributed by atoms with E-state index in [9.17, 15) is 9.59 Å². The van der Waals surface area contributed by atoms with E-state index >= 15 is 0 Å². The van der Waals surface area contributed by atoms with Crippen molar-refractivity contribution in [1.82, 2.24) is 10.2 Å². The predicted octanol–water partition coefficient (Wildman–Crippen LogP) is 4.70. The van der Waals surface area contributed by atoms with Crippen molar-refractivity contribution in [1.29, 1.82) is 0 Å². The lowest BCUT2D eigenvalue weighted by molar-refractivity contribution is -0.120. The van der Waals surface area contributed by atoms with Crippen LogP contribution in [0.5, 0.6) is 5.75 Å². The zero-order chi connectivity index (χ0) is 24.7. The molecule has 0 unspecified atom stereocenters. The van der Waals surface area contributed by atoms with E-state index in [0.717, 1.165) is 37.2 Å². The standard InChI is InChI=1S/C28H39N3O3/c1-20(2)25-8-6-7-9-26(25)31(28(33)23-10-12-24(34-5)13-11-23)19-27(32)29-18-22-14-16-30(17-15-22)21(3)4/h6-13,20-22H,14-19H2,1-5H3,(H,29,32). The molecule has 1 N–H and O–H groups in total. The third-order valence-corrected chi connectivity index (χ3v) is 6.70. The summed E-state index contributed by atoms with van der Waals surface area (Å²) in [6, 6.07) is 15.4. The molecule has 0 aromatic heterocycles. The van der Waals surface area contributed by atoms with E-state index in [-0.39, 0.29) is 24.3 Å². The molecule has 6 nitrogen and oxygen atoms in total. The fraction of sp³-hybridized carbons (Fsp3) is 0.500. The lowest BCUT2D eigenvalue weighted by atomic mass is 9.96. The molecule has 1 saturated heterocycles. The molecule has 0 radical (unpaired) electrons. The van der Waals surface area contributed by atoms with Crippen LogP contribution in [0.4, 0.5) is 5.69 Å². The summed E-state index contributed by atoms with van der Waals surface area (Å²) >= 11 is 0. The van der Waals surface area contributed by atoms with Gasteiger partial charge in [-0.05, 0) is 87.5 Å². The van der Waals surface area contributed by atoms with Crippen molar-refractivity contribution in [3.63, 3.8) is 0 Å². The molecule has 184 valence electrons. The summed E-state index contributed by atoms with van der Waals surface area (Å²) in [5.74, 6) is 1.05. The van der Waals surface area contributed by atoms with E-state index < -0.39 is 0 Å². The van der Waals surface area contributed by atoms with Crippen LogP contribution >= 0.6 is 0 Å². The molecular formula is C28H39N3O3. The van der Waals surface area contributed by atoms with Crippen LogP contribution in [0.25, 0.3) is 0 Å². The molecular weight excluding hydrogens is 426 g/mol. The Morgan fingerprint density at radius 2 is 1.68 bits per heavy atom. The quantitative estimate of drug-likeness (QED) is 0.583. The molecule has 1 aliphatic rings. The number of hydrogen-bond donors (Lipinski definition) is 1. The minimum absolute atomic E-state index is 0.0144. The van der Waals surface area contributed by atoms with Gasteiger partial charge in [0.05, 0.1) is 7.11 Å². The molecule has 2 amide bonds. The van der Waals surface area contributed by atoms with Crippen molar-refractivity contribution >= 4 is 17.5 Å². The molecule has 0 atom stereocenters. The highest BCUT2D eigenvalue weighted by Crippen LogP contribution is 2.29. The predicted molar refractivity (Wildman–Crippen MR) is 138 cm³/mol. The molecule has 1 fully saturated rings. The number of para-hydroxylation sites is 1. The maximum Gasteiger partial charge on any atom is 0.258 e. The second-order valence-electron chi connectivity index (χ2n) is 9.71. The number of anilines is 1. The normalized spacial score (nSPS) is 14.9. The molecule has 0 aliphatic carbocycles. The molecule has 0 spiro atoms. The van der Waals surface area contributed by atoms with E-state index in [4.69, 9.17) is 4.74 Å². The van der Waals surface area contributed by atoms with Gasteiger partial charge in [0.15, 0.2) is 0 Å². The number of hydrogen-bond acceptors (Lipinski definition) is 4. The smallest absolute Gasteiger partial charge is 0.258 e. The van der Waals surface area contributed by atoms with Gasteiger partial charge in [0.25, 0.3) is 5.91 Å². The van der Waals surface area contributed by atoms with E-state index in [1.54, 1.807) is 36.3 Å². The number of nitrogens with zero attached hydrogens (tertiary/aromatic N) is 2. The van der Waals surface area contributed by atoms with Gasteiger partial charge in [-0.1, -0.05) is 32.0 Å².